The summed E-state index contributed by atoms with van der Waals surface area (Å²) in [5, 5.41) is -0.243. The number of ketones is 1. The molecule has 2 heterocycles. The predicted molar refractivity (Wildman–Crippen MR) is 108 cm³/mol. The number of pyridine rings is 1. The van der Waals surface area contributed by atoms with Crippen LogP contribution in [-0.2, 0) is 16.7 Å². The smallest absolute Gasteiger partial charge is 0.387 e. The van der Waals surface area contributed by atoms with E-state index in [-0.39, 0.29) is 53.3 Å². The number of carbonyl (C=O) groups excluding carboxylic acids is 1. The van der Waals surface area contributed by atoms with Crippen LogP contribution in [0.15, 0.2) is 35.5 Å². The molecule has 2 aromatic rings. The molecular weight excluding hydrogens is 484 g/mol. The van der Waals surface area contributed by atoms with Crippen LogP contribution < -0.4 is 10.5 Å². The monoisotopic (exact) mass is 499 g/mol. The minimum Gasteiger partial charge on any atom is -0.433 e. The van der Waals surface area contributed by atoms with Crippen molar-refractivity contribution in [2.75, 3.05) is 13.2 Å². The zero-order valence-corrected chi connectivity index (χ0v) is 17.6. The summed E-state index contributed by atoms with van der Waals surface area (Å²) in [5.41, 5.74) is 2.62. The van der Waals surface area contributed by atoms with E-state index in [9.17, 15) is 26.7 Å². The van der Waals surface area contributed by atoms with E-state index in [0.29, 0.717) is 0 Å². The number of amidine groups is 1. The Balaban J connectivity index is 0.00000363. The van der Waals surface area contributed by atoms with Crippen molar-refractivity contribution >= 4 is 35.6 Å². The number of halogens is 7. The number of hydrogen-bond donors (Lipinski definition) is 1. The molecule has 0 radical (unpaired) electrons. The number of benzene rings is 1. The molecule has 32 heavy (non-hydrogen) atoms. The molecule has 1 aliphatic heterocycles. The standard InChI is InChI=1S/C19H15ClF5N3O3.ClH/c20-12-5-10(31-18(24)25)6-27-16(12)14(29)4-9-1-2-13(21)11(3-9)19(17(22)23)8-30-7-15(26)28-19;/h1-3,5-6,17-18H,4,7-8H2,(H2,26,28);1H/t19-;/m0./s1. The molecule has 1 atom stereocenters. The normalized spacial score (nSPS) is 18.3. The molecule has 13 heteroatoms. The molecule has 3 rings (SSSR count). The van der Waals surface area contributed by atoms with Crippen LogP contribution in [-0.4, -0.2) is 42.9 Å². The second-order valence-electron chi connectivity index (χ2n) is 6.61. The first kappa shape index (κ1) is 25.8. The van der Waals surface area contributed by atoms with Gasteiger partial charge in [0.2, 0.25) is 0 Å². The molecule has 0 bridgehead atoms. The van der Waals surface area contributed by atoms with E-state index < -0.39 is 42.3 Å². The summed E-state index contributed by atoms with van der Waals surface area (Å²) in [6.45, 7) is -3.86. The summed E-state index contributed by atoms with van der Waals surface area (Å²) in [6, 6.07) is 4.23. The summed E-state index contributed by atoms with van der Waals surface area (Å²) >= 11 is 5.92. The van der Waals surface area contributed by atoms with Crippen molar-refractivity contribution in [2.45, 2.75) is 25.0 Å². The molecule has 6 nitrogen and oxygen atoms in total. The number of hydrogen-bond acceptors (Lipinski definition) is 6. The Hall–Kier alpha value is -2.50. The van der Waals surface area contributed by atoms with E-state index in [1.54, 1.807) is 0 Å². The fraction of sp³-hybridized carbons (Fsp3) is 0.316. The van der Waals surface area contributed by atoms with E-state index >= 15 is 0 Å². The summed E-state index contributed by atoms with van der Waals surface area (Å²) < 4.78 is 76.0. The first-order valence-electron chi connectivity index (χ1n) is 8.75. The summed E-state index contributed by atoms with van der Waals surface area (Å²) in [7, 11) is 0. The molecule has 0 saturated carbocycles. The SMILES string of the molecule is Cl.NC1=N[C@@](c2cc(CC(=O)c3ncc(OC(F)F)cc3Cl)ccc2F)(C(F)F)COC1. The van der Waals surface area contributed by atoms with Gasteiger partial charge in [-0.25, -0.2) is 18.2 Å². The van der Waals surface area contributed by atoms with Crippen molar-refractivity contribution < 1.29 is 36.2 Å². The lowest BCUT2D eigenvalue weighted by molar-refractivity contribution is -0.0500. The fourth-order valence-electron chi connectivity index (χ4n) is 3.08. The minimum absolute atomic E-state index is 0. The third-order valence-electron chi connectivity index (χ3n) is 4.44. The highest BCUT2D eigenvalue weighted by Crippen LogP contribution is 2.37. The third-order valence-corrected chi connectivity index (χ3v) is 4.73. The molecule has 0 saturated heterocycles. The van der Waals surface area contributed by atoms with Crippen molar-refractivity contribution in [1.82, 2.24) is 4.98 Å². The van der Waals surface area contributed by atoms with Gasteiger partial charge in [-0.15, -0.1) is 12.4 Å². The van der Waals surface area contributed by atoms with Crippen molar-refractivity contribution in [2.24, 2.45) is 10.7 Å². The maximum atomic E-state index is 14.5. The highest BCUT2D eigenvalue weighted by Gasteiger charge is 2.46. The van der Waals surface area contributed by atoms with Crippen LogP contribution in [0.5, 0.6) is 5.75 Å². The largest absolute Gasteiger partial charge is 0.433 e. The molecule has 0 spiro atoms. The molecule has 1 aliphatic rings. The maximum absolute atomic E-state index is 14.5. The first-order valence-corrected chi connectivity index (χ1v) is 9.12. The second kappa shape index (κ2) is 10.4. The number of aromatic nitrogens is 1. The van der Waals surface area contributed by atoms with Crippen LogP contribution >= 0.6 is 24.0 Å². The second-order valence-corrected chi connectivity index (χ2v) is 7.02. The van der Waals surface area contributed by atoms with Crippen molar-refractivity contribution in [1.29, 1.82) is 0 Å². The van der Waals surface area contributed by atoms with Gasteiger partial charge in [-0.2, -0.15) is 8.78 Å². The number of ether oxygens (including phenoxy) is 2. The Morgan fingerprint density at radius 1 is 1.28 bits per heavy atom. The van der Waals surface area contributed by atoms with E-state index in [2.05, 4.69) is 14.7 Å². The maximum Gasteiger partial charge on any atom is 0.387 e. The number of rotatable bonds is 7. The van der Waals surface area contributed by atoms with Crippen LogP contribution in [0, 0.1) is 5.82 Å². The lowest BCUT2D eigenvalue weighted by Gasteiger charge is -2.33. The van der Waals surface area contributed by atoms with Crippen molar-refractivity contribution in [3.63, 3.8) is 0 Å². The van der Waals surface area contributed by atoms with Crippen LogP contribution in [0.2, 0.25) is 5.02 Å². The average Bonchev–Trinajstić information content (AvgIpc) is 2.68. The van der Waals surface area contributed by atoms with E-state index in [4.69, 9.17) is 22.1 Å². The van der Waals surface area contributed by atoms with Crippen molar-refractivity contribution in [3.8, 4) is 5.75 Å². The van der Waals surface area contributed by atoms with Crippen LogP contribution in [0.3, 0.4) is 0 Å². The molecule has 0 unspecified atom stereocenters. The quantitative estimate of drug-likeness (QED) is 0.456. The topological polar surface area (TPSA) is 86.8 Å². The van der Waals surface area contributed by atoms with Crippen LogP contribution in [0.1, 0.15) is 21.6 Å². The van der Waals surface area contributed by atoms with Gasteiger partial charge in [-0.05, 0) is 17.7 Å². The molecule has 1 aromatic heterocycles. The summed E-state index contributed by atoms with van der Waals surface area (Å²) in [4.78, 5) is 20.0. The summed E-state index contributed by atoms with van der Waals surface area (Å²) in [6.07, 6.45) is -2.62. The molecule has 0 amide bonds. The Bertz CT molecular complexity index is 1030. The number of Topliss-reactive ketones (excluding diaryl/α,β-unsaturated/α-hetero) is 1. The molecule has 0 aliphatic carbocycles. The Labute approximate surface area is 190 Å². The number of carbonyl (C=O) groups is 1. The van der Waals surface area contributed by atoms with Crippen LogP contribution in [0.4, 0.5) is 22.0 Å². The lowest BCUT2D eigenvalue weighted by atomic mass is 9.88. The zero-order chi connectivity index (χ0) is 22.8. The Morgan fingerprint density at radius 2 is 2.00 bits per heavy atom. The predicted octanol–water partition coefficient (Wildman–Crippen LogP) is 4.17. The highest BCUT2D eigenvalue weighted by atomic mass is 35.5. The van der Waals surface area contributed by atoms with Gasteiger partial charge in [-0.3, -0.25) is 9.79 Å². The van der Waals surface area contributed by atoms with Gasteiger partial charge in [-0.1, -0.05) is 17.7 Å². The van der Waals surface area contributed by atoms with Crippen molar-refractivity contribution in [3.05, 3.63) is 58.1 Å². The number of alkyl halides is 4. The van der Waals surface area contributed by atoms with Gasteiger partial charge in [0.1, 0.15) is 29.7 Å². The van der Waals surface area contributed by atoms with E-state index in [0.717, 1.165) is 24.4 Å². The van der Waals surface area contributed by atoms with Gasteiger partial charge >= 0.3 is 6.61 Å². The van der Waals surface area contributed by atoms with E-state index in [1.165, 1.54) is 6.07 Å². The minimum atomic E-state index is -3.13. The Morgan fingerprint density at radius 3 is 2.59 bits per heavy atom. The average molecular weight is 500 g/mol. The summed E-state index contributed by atoms with van der Waals surface area (Å²) in [5.74, 6) is -2.18. The third kappa shape index (κ3) is 5.45. The first-order chi connectivity index (χ1) is 14.6. The molecule has 2 N–H and O–H groups in total. The highest BCUT2D eigenvalue weighted by molar-refractivity contribution is 6.33. The van der Waals surface area contributed by atoms with Gasteiger partial charge in [0, 0.05) is 18.1 Å². The fourth-order valence-corrected chi connectivity index (χ4v) is 3.34. The zero-order valence-electron chi connectivity index (χ0n) is 16.0. The van der Waals surface area contributed by atoms with Gasteiger partial charge in [0.15, 0.2) is 11.3 Å². The van der Waals surface area contributed by atoms with Gasteiger partial charge < -0.3 is 15.2 Å². The van der Waals surface area contributed by atoms with Gasteiger partial charge in [0.05, 0.1) is 17.8 Å². The Kier molecular flexibility index (Phi) is 8.38. The molecule has 0 fully saturated rings. The number of aliphatic imine (C=N–C) groups is 1. The number of nitrogens with two attached hydrogens (primary N) is 1. The molecule has 174 valence electrons. The van der Waals surface area contributed by atoms with Gasteiger partial charge in [0.25, 0.3) is 6.43 Å². The molecule has 1 aromatic carbocycles. The molecular formula is C19H16Cl2F5N3O3. The van der Waals surface area contributed by atoms with Crippen LogP contribution in [0.25, 0.3) is 0 Å². The number of nitrogens with zero attached hydrogens (tertiary/aromatic N) is 2. The lowest BCUT2D eigenvalue weighted by Crippen LogP contribution is -2.45. The van der Waals surface area contributed by atoms with E-state index in [1.807, 2.05) is 0 Å².